The molecule has 44 valence electrons. The third-order valence-electron chi connectivity index (χ3n) is 0.931. The van der Waals surface area contributed by atoms with Crippen molar-refractivity contribution < 1.29 is 0 Å². The second kappa shape index (κ2) is 3.28. The van der Waals surface area contributed by atoms with Crippen LogP contribution in [0.25, 0.3) is 0 Å². The van der Waals surface area contributed by atoms with Crippen LogP contribution in [0.2, 0.25) is 0 Å². The van der Waals surface area contributed by atoms with Crippen molar-refractivity contribution in [2.75, 3.05) is 0 Å². The van der Waals surface area contributed by atoms with Gasteiger partial charge in [0.25, 0.3) is 0 Å². The Hall–Kier alpha value is -0.790. The van der Waals surface area contributed by atoms with Crippen LogP contribution >= 0.6 is 8.19 Å². The quantitative estimate of drug-likeness (QED) is 0.478. The first-order valence-electron chi connectivity index (χ1n) is 2.76. The summed E-state index contributed by atoms with van der Waals surface area (Å²) in [4.78, 5) is 0. The van der Waals surface area contributed by atoms with Gasteiger partial charge in [-0.1, -0.05) is 20.2 Å². The topological polar surface area (TPSA) is 0 Å². The van der Waals surface area contributed by atoms with Gasteiger partial charge in [0.1, 0.15) is 0 Å². The first kappa shape index (κ1) is 6.33. The first-order valence-corrected chi connectivity index (χ1v) is 3.79. The zero-order valence-electron chi connectivity index (χ0n) is 5.26. The first-order chi connectivity index (χ1) is 4.43. The summed E-state index contributed by atoms with van der Waals surface area (Å²) < 4.78 is 0. The molecule has 0 aliphatic heterocycles. The summed E-state index contributed by atoms with van der Waals surface area (Å²) in [6.07, 6.45) is 0. The fraction of sp³-hybridized carbons (Fsp3) is 0.125. The van der Waals surface area contributed by atoms with E-state index in [4.69, 9.17) is 0 Å². The highest BCUT2D eigenvalue weighted by molar-refractivity contribution is 7.28. The fourth-order valence-electron chi connectivity index (χ4n) is 0.581. The Morgan fingerprint density at radius 3 is 3.00 bits per heavy atom. The highest BCUT2D eigenvalue weighted by Crippen LogP contribution is 2.05. The van der Waals surface area contributed by atoms with Crippen molar-refractivity contribution in [2.45, 2.75) is 6.92 Å². The molecule has 9 heavy (non-hydrogen) atoms. The van der Waals surface area contributed by atoms with Gasteiger partial charge in [-0.15, -0.1) is 5.92 Å². The van der Waals surface area contributed by atoms with Crippen LogP contribution in [0.1, 0.15) is 12.5 Å². The van der Waals surface area contributed by atoms with Gasteiger partial charge in [-0.3, -0.25) is 0 Å². The molecule has 1 rings (SSSR count). The maximum Gasteiger partial charge on any atom is 0.0290 e. The fourth-order valence-corrected chi connectivity index (χ4v) is 1.16. The molecule has 0 aromatic carbocycles. The molecule has 0 spiro atoms. The largest absolute Gasteiger partial charge is 0.101 e. The lowest BCUT2D eigenvalue weighted by molar-refractivity contribution is 1.76. The van der Waals surface area contributed by atoms with E-state index in [-0.39, 0.29) is 0 Å². The molecule has 0 N–H and O–H groups in total. The second-order valence-corrected chi connectivity index (χ2v) is 2.47. The monoisotopic (exact) mass is 134 g/mol. The van der Waals surface area contributed by atoms with E-state index >= 15 is 0 Å². The Balaban J connectivity index is 2.94. The summed E-state index contributed by atoms with van der Waals surface area (Å²) in [5, 5.41) is 0. The van der Waals surface area contributed by atoms with E-state index in [0.29, 0.717) is 0 Å². The molecule has 0 saturated heterocycles. The maximum absolute atomic E-state index is 2.98. The summed E-state index contributed by atoms with van der Waals surface area (Å²) in [5.74, 6) is 10.0. The predicted molar refractivity (Wildman–Crippen MR) is 41.5 cm³/mol. The molecule has 0 aliphatic carbocycles. The maximum atomic E-state index is 2.98. The summed E-state index contributed by atoms with van der Waals surface area (Å²) in [6.45, 7) is 1.85. The molecular formula is C8H7P. The molecule has 1 aromatic heterocycles. The molecule has 1 aromatic rings. The molecule has 0 radical (unpaired) electrons. The summed E-state index contributed by atoms with van der Waals surface area (Å²) >= 11 is 0. The van der Waals surface area contributed by atoms with Gasteiger partial charge in [-0.25, -0.2) is 0 Å². The van der Waals surface area contributed by atoms with Crippen molar-refractivity contribution in [3.05, 3.63) is 29.3 Å². The highest BCUT2D eigenvalue weighted by atomic mass is 31.0. The van der Waals surface area contributed by atoms with Gasteiger partial charge in [-0.05, 0) is 24.6 Å². The van der Waals surface area contributed by atoms with Crippen LogP contribution in [0.5, 0.6) is 0 Å². The van der Waals surface area contributed by atoms with Gasteiger partial charge < -0.3 is 0 Å². The minimum atomic E-state index is 1.13. The lowest BCUT2D eigenvalue weighted by Gasteiger charge is -1.82. The minimum Gasteiger partial charge on any atom is -0.101 e. The van der Waals surface area contributed by atoms with E-state index in [1.807, 2.05) is 19.1 Å². The summed E-state index contributed by atoms with van der Waals surface area (Å²) in [7, 11) is 1.24. The van der Waals surface area contributed by atoms with E-state index in [1.165, 1.54) is 8.19 Å². The smallest absolute Gasteiger partial charge is 0.0290 e. The Labute approximate surface area is 57.0 Å². The molecule has 1 heteroatoms. The van der Waals surface area contributed by atoms with Crippen molar-refractivity contribution in [1.29, 1.82) is 0 Å². The third-order valence-corrected chi connectivity index (χ3v) is 1.70. The van der Waals surface area contributed by atoms with Gasteiger partial charge in [0.05, 0.1) is 0 Å². The second-order valence-electron chi connectivity index (χ2n) is 1.62. The number of hydrogen-bond acceptors (Lipinski definition) is 0. The molecule has 0 fully saturated rings. The molecule has 0 bridgehead atoms. The van der Waals surface area contributed by atoms with Crippen LogP contribution in [-0.4, -0.2) is 0 Å². The molecule has 0 nitrogen and oxygen atoms in total. The molecule has 0 aliphatic rings. The lowest BCUT2D eigenvalue weighted by atomic mass is 10.3. The predicted octanol–water partition coefficient (Wildman–Crippen LogP) is 2.64. The number of hydrogen-bond donors (Lipinski definition) is 0. The Kier molecular flexibility index (Phi) is 2.31. The third kappa shape index (κ3) is 1.88. The Bertz CT molecular complexity index is 228. The van der Waals surface area contributed by atoms with E-state index in [1.54, 1.807) is 0 Å². The number of rotatable bonds is 0. The molecule has 1 heterocycles. The van der Waals surface area contributed by atoms with Crippen molar-refractivity contribution in [2.24, 2.45) is 0 Å². The van der Waals surface area contributed by atoms with Crippen LogP contribution in [0, 0.1) is 11.8 Å². The van der Waals surface area contributed by atoms with Crippen molar-refractivity contribution in [3.63, 3.8) is 0 Å². The van der Waals surface area contributed by atoms with Gasteiger partial charge in [0.15, 0.2) is 0 Å². The Morgan fingerprint density at radius 1 is 1.56 bits per heavy atom. The summed E-state index contributed by atoms with van der Waals surface area (Å²) in [6, 6.07) is 4.05. The standard InChI is InChI=1S/C8H7P/c1-2-4-8-5-3-6-9-7-8/h3,5-7H,1H3. The zero-order valence-corrected chi connectivity index (χ0v) is 6.15. The molecule has 0 atom stereocenters. The van der Waals surface area contributed by atoms with Crippen molar-refractivity contribution in [1.82, 2.24) is 0 Å². The van der Waals surface area contributed by atoms with E-state index in [0.717, 1.165) is 5.56 Å². The van der Waals surface area contributed by atoms with Crippen LogP contribution in [0.3, 0.4) is 0 Å². The van der Waals surface area contributed by atoms with Gasteiger partial charge in [0, 0.05) is 5.56 Å². The minimum absolute atomic E-state index is 1.13. The average molecular weight is 134 g/mol. The average Bonchev–Trinajstić information content (AvgIpc) is 1.91. The van der Waals surface area contributed by atoms with Gasteiger partial charge >= 0.3 is 0 Å². The van der Waals surface area contributed by atoms with E-state index < -0.39 is 0 Å². The van der Waals surface area contributed by atoms with Crippen molar-refractivity contribution >= 4 is 8.19 Å². The zero-order chi connectivity index (χ0) is 6.53. The molecule has 0 unspecified atom stereocenters. The summed E-state index contributed by atoms with van der Waals surface area (Å²) in [5.41, 5.74) is 1.13. The Morgan fingerprint density at radius 2 is 2.44 bits per heavy atom. The molecule has 0 saturated carbocycles. The van der Waals surface area contributed by atoms with Crippen molar-refractivity contribution in [3.8, 4) is 11.8 Å². The lowest BCUT2D eigenvalue weighted by Crippen LogP contribution is -1.64. The van der Waals surface area contributed by atoms with Gasteiger partial charge in [-0.2, -0.15) is 0 Å². The van der Waals surface area contributed by atoms with Crippen LogP contribution in [-0.2, 0) is 0 Å². The molecule has 0 amide bonds. The van der Waals surface area contributed by atoms with E-state index in [2.05, 4.69) is 23.4 Å². The SMILES string of the molecule is CC#Cc1cccpc1. The van der Waals surface area contributed by atoms with Gasteiger partial charge in [0.2, 0.25) is 0 Å². The molecular weight excluding hydrogens is 127 g/mol. The van der Waals surface area contributed by atoms with Crippen LogP contribution in [0.4, 0.5) is 0 Å². The van der Waals surface area contributed by atoms with Crippen LogP contribution < -0.4 is 0 Å². The van der Waals surface area contributed by atoms with E-state index in [9.17, 15) is 0 Å². The van der Waals surface area contributed by atoms with Crippen LogP contribution in [0.15, 0.2) is 23.7 Å². The normalized spacial score (nSPS) is 8.56. The highest BCUT2D eigenvalue weighted by Gasteiger charge is 1.78.